The largest absolute Gasteiger partial charge is 0.290 e. The van der Waals surface area contributed by atoms with Gasteiger partial charge < -0.3 is 0 Å². The fraction of sp³-hybridized carbons (Fsp3) is 0.0667. The number of aromatic nitrogens is 2. The maximum atomic E-state index is 13.9. The van der Waals surface area contributed by atoms with Gasteiger partial charge in [0.25, 0.3) is 5.91 Å². The summed E-state index contributed by atoms with van der Waals surface area (Å²) in [6.45, 7) is 0.241. The average Bonchev–Trinajstić information content (AvgIpc) is 2.92. The van der Waals surface area contributed by atoms with Crippen molar-refractivity contribution in [1.82, 2.24) is 15.2 Å². The Morgan fingerprint density at radius 2 is 2.10 bits per heavy atom. The first kappa shape index (κ1) is 13.3. The van der Waals surface area contributed by atoms with Crippen LogP contribution in [0, 0.1) is 5.82 Å². The van der Waals surface area contributed by atoms with Crippen LogP contribution in [-0.4, -0.2) is 15.7 Å². The summed E-state index contributed by atoms with van der Waals surface area (Å²) in [4.78, 5) is 11.5. The van der Waals surface area contributed by atoms with Crippen molar-refractivity contribution >= 4 is 16.8 Å². The van der Waals surface area contributed by atoms with Crippen molar-refractivity contribution in [3.8, 4) is 0 Å². The molecule has 0 spiro atoms. The van der Waals surface area contributed by atoms with Gasteiger partial charge in [-0.2, -0.15) is 5.10 Å². The van der Waals surface area contributed by atoms with E-state index in [1.165, 1.54) is 18.2 Å². The summed E-state index contributed by atoms with van der Waals surface area (Å²) < 4.78 is 15.6. The average molecular weight is 284 g/mol. The van der Waals surface area contributed by atoms with Crippen LogP contribution in [0.15, 0.2) is 48.7 Å². The van der Waals surface area contributed by atoms with Crippen LogP contribution in [0.2, 0.25) is 0 Å². The molecule has 3 rings (SSSR count). The lowest BCUT2D eigenvalue weighted by molar-refractivity contribution is 0.0953. The molecule has 1 aromatic heterocycles. The number of rotatable bonds is 3. The van der Waals surface area contributed by atoms with Gasteiger partial charge in [0.1, 0.15) is 5.82 Å². The standard InChI is InChI=1S/C15H13FN4O/c16-13-6-5-10(15(21)19-17)7-12(13)9-20-14-4-2-1-3-11(14)8-18-20/h1-8H,9,17H2,(H,19,21). The summed E-state index contributed by atoms with van der Waals surface area (Å²) in [6.07, 6.45) is 1.73. The molecule has 0 aliphatic rings. The number of carbonyl (C=O) groups excluding carboxylic acids is 1. The maximum Gasteiger partial charge on any atom is 0.265 e. The molecule has 1 amide bonds. The Morgan fingerprint density at radius 3 is 2.90 bits per heavy atom. The summed E-state index contributed by atoms with van der Waals surface area (Å²) >= 11 is 0. The van der Waals surface area contributed by atoms with Crippen LogP contribution in [-0.2, 0) is 6.54 Å². The van der Waals surface area contributed by atoms with Crippen LogP contribution in [0.25, 0.3) is 10.9 Å². The van der Waals surface area contributed by atoms with Crippen molar-refractivity contribution in [3.63, 3.8) is 0 Å². The highest BCUT2D eigenvalue weighted by atomic mass is 19.1. The van der Waals surface area contributed by atoms with Crippen LogP contribution in [0.1, 0.15) is 15.9 Å². The molecule has 0 aliphatic carbocycles. The Balaban J connectivity index is 1.99. The molecule has 0 unspecified atom stereocenters. The molecule has 0 fully saturated rings. The van der Waals surface area contributed by atoms with Crippen molar-refractivity contribution in [3.05, 3.63) is 65.6 Å². The van der Waals surface area contributed by atoms with Crippen molar-refractivity contribution < 1.29 is 9.18 Å². The van der Waals surface area contributed by atoms with Gasteiger partial charge in [-0.1, -0.05) is 18.2 Å². The molecule has 0 saturated carbocycles. The molecule has 0 aliphatic heterocycles. The normalized spacial score (nSPS) is 10.8. The first-order valence-electron chi connectivity index (χ1n) is 6.39. The lowest BCUT2D eigenvalue weighted by Gasteiger charge is -2.07. The first-order chi connectivity index (χ1) is 10.2. The van der Waals surface area contributed by atoms with Gasteiger partial charge >= 0.3 is 0 Å². The molecule has 3 aromatic rings. The third-order valence-electron chi connectivity index (χ3n) is 3.31. The van der Waals surface area contributed by atoms with E-state index in [1.54, 1.807) is 10.9 Å². The number of hydrogen-bond acceptors (Lipinski definition) is 3. The molecule has 3 N–H and O–H groups in total. The number of fused-ring (bicyclic) bond motifs is 1. The third-order valence-corrected chi connectivity index (χ3v) is 3.31. The van der Waals surface area contributed by atoms with E-state index in [2.05, 4.69) is 5.10 Å². The Morgan fingerprint density at radius 1 is 1.29 bits per heavy atom. The number of amides is 1. The van der Waals surface area contributed by atoms with E-state index in [0.29, 0.717) is 11.1 Å². The molecule has 2 aromatic carbocycles. The van der Waals surface area contributed by atoms with Crippen LogP contribution in [0.4, 0.5) is 4.39 Å². The van der Waals surface area contributed by atoms with Crippen LogP contribution in [0.3, 0.4) is 0 Å². The fourth-order valence-electron chi connectivity index (χ4n) is 2.23. The Labute approximate surface area is 120 Å². The van der Waals surface area contributed by atoms with Gasteiger partial charge in [-0.05, 0) is 24.3 Å². The third kappa shape index (κ3) is 2.48. The molecule has 0 bridgehead atoms. The molecule has 0 radical (unpaired) electrons. The lowest BCUT2D eigenvalue weighted by atomic mass is 10.1. The van der Waals surface area contributed by atoms with Gasteiger partial charge in [0, 0.05) is 16.5 Å². The highest BCUT2D eigenvalue weighted by molar-refractivity contribution is 5.93. The van der Waals surface area contributed by atoms with Gasteiger partial charge in [0.2, 0.25) is 0 Å². The fourth-order valence-corrected chi connectivity index (χ4v) is 2.23. The second-order valence-electron chi connectivity index (χ2n) is 4.64. The van der Waals surface area contributed by atoms with Gasteiger partial charge in [-0.25, -0.2) is 10.2 Å². The topological polar surface area (TPSA) is 72.9 Å². The van der Waals surface area contributed by atoms with E-state index in [9.17, 15) is 9.18 Å². The van der Waals surface area contributed by atoms with Crippen LogP contribution < -0.4 is 11.3 Å². The predicted octanol–water partition coefficient (Wildman–Crippen LogP) is 1.83. The van der Waals surface area contributed by atoms with E-state index in [1.807, 2.05) is 29.7 Å². The van der Waals surface area contributed by atoms with Gasteiger partial charge in [-0.15, -0.1) is 0 Å². The smallest absolute Gasteiger partial charge is 0.265 e. The first-order valence-corrected chi connectivity index (χ1v) is 6.39. The van der Waals surface area contributed by atoms with E-state index in [-0.39, 0.29) is 12.4 Å². The quantitative estimate of drug-likeness (QED) is 0.438. The minimum atomic E-state index is -0.457. The molecule has 0 saturated heterocycles. The van der Waals surface area contributed by atoms with Crippen molar-refractivity contribution in [1.29, 1.82) is 0 Å². The number of nitrogen functional groups attached to an aromatic ring is 1. The second kappa shape index (κ2) is 5.34. The molecular formula is C15H13FN4O. The zero-order chi connectivity index (χ0) is 14.8. The minimum absolute atomic E-state index is 0.241. The number of nitrogens with two attached hydrogens (primary N) is 1. The molecular weight excluding hydrogens is 271 g/mol. The number of nitrogens with one attached hydrogen (secondary N) is 1. The van der Waals surface area contributed by atoms with Crippen LogP contribution in [0.5, 0.6) is 0 Å². The van der Waals surface area contributed by atoms with Gasteiger partial charge in [-0.3, -0.25) is 14.9 Å². The molecule has 5 nitrogen and oxygen atoms in total. The number of hydrogen-bond donors (Lipinski definition) is 2. The molecule has 1 heterocycles. The highest BCUT2D eigenvalue weighted by Crippen LogP contribution is 2.17. The van der Waals surface area contributed by atoms with E-state index in [4.69, 9.17) is 5.84 Å². The minimum Gasteiger partial charge on any atom is -0.290 e. The number of halogens is 1. The SMILES string of the molecule is NNC(=O)c1ccc(F)c(Cn2ncc3ccccc32)c1. The number of nitrogens with zero attached hydrogens (tertiary/aromatic N) is 2. The monoisotopic (exact) mass is 284 g/mol. The summed E-state index contributed by atoms with van der Waals surface area (Å²) in [5.74, 6) is 4.25. The van der Waals surface area contributed by atoms with E-state index >= 15 is 0 Å². The van der Waals surface area contributed by atoms with E-state index in [0.717, 1.165) is 10.9 Å². The van der Waals surface area contributed by atoms with Gasteiger partial charge in [0.05, 0.1) is 18.3 Å². The number of hydrazine groups is 1. The zero-order valence-electron chi connectivity index (χ0n) is 11.1. The molecule has 106 valence electrons. The number of benzene rings is 2. The summed E-state index contributed by atoms with van der Waals surface area (Å²) in [7, 11) is 0. The predicted molar refractivity (Wildman–Crippen MR) is 76.9 cm³/mol. The van der Waals surface area contributed by atoms with Crippen molar-refractivity contribution in [2.45, 2.75) is 6.54 Å². The second-order valence-corrected chi connectivity index (χ2v) is 4.64. The van der Waals surface area contributed by atoms with E-state index < -0.39 is 5.91 Å². The van der Waals surface area contributed by atoms with Crippen molar-refractivity contribution in [2.75, 3.05) is 0 Å². The highest BCUT2D eigenvalue weighted by Gasteiger charge is 2.11. The molecule has 21 heavy (non-hydrogen) atoms. The van der Waals surface area contributed by atoms with Crippen molar-refractivity contribution in [2.24, 2.45) is 5.84 Å². The Kier molecular flexibility index (Phi) is 3.37. The summed E-state index contributed by atoms with van der Waals surface area (Å²) in [5.41, 5.74) is 3.63. The van der Waals surface area contributed by atoms with Gasteiger partial charge in [0.15, 0.2) is 0 Å². The number of carbonyl (C=O) groups is 1. The maximum absolute atomic E-state index is 13.9. The molecule has 0 atom stereocenters. The summed E-state index contributed by atoms with van der Waals surface area (Å²) in [6, 6.07) is 11.8. The van der Waals surface area contributed by atoms with Crippen LogP contribution >= 0.6 is 0 Å². The number of para-hydroxylation sites is 1. The lowest BCUT2D eigenvalue weighted by Crippen LogP contribution is -2.30. The molecule has 6 heteroatoms. The zero-order valence-corrected chi connectivity index (χ0v) is 11.1. The Hall–Kier alpha value is -2.73. The summed E-state index contributed by atoms with van der Waals surface area (Å²) in [5, 5.41) is 5.23. The Bertz CT molecular complexity index is 812.